The van der Waals surface area contributed by atoms with Gasteiger partial charge in [-0.1, -0.05) is 0 Å². The molecule has 0 aliphatic carbocycles. The van der Waals surface area contributed by atoms with Crippen molar-refractivity contribution in [1.29, 1.82) is 0 Å². The summed E-state index contributed by atoms with van der Waals surface area (Å²) in [7, 11) is 1.58. The van der Waals surface area contributed by atoms with Crippen LogP contribution in [0.25, 0.3) is 11.4 Å². The minimum atomic E-state index is -0.718. The van der Waals surface area contributed by atoms with Crippen LogP contribution < -0.4 is 11.1 Å². The number of carbonyl (C=O) groups excluding carboxylic acids is 1. The molecule has 0 fully saturated rings. The van der Waals surface area contributed by atoms with Gasteiger partial charge in [-0.2, -0.15) is 5.10 Å². The Bertz CT molecular complexity index is 904. The highest BCUT2D eigenvalue weighted by Crippen LogP contribution is 2.20. The van der Waals surface area contributed by atoms with E-state index in [4.69, 9.17) is 5.73 Å². The van der Waals surface area contributed by atoms with E-state index < -0.39 is 17.5 Å². The monoisotopic (exact) mass is 330 g/mol. The third-order valence-corrected chi connectivity index (χ3v) is 3.17. The Morgan fingerprint density at radius 2 is 1.88 bits per heavy atom. The van der Waals surface area contributed by atoms with Crippen molar-refractivity contribution in [2.24, 2.45) is 12.8 Å². The number of nitrogens with zero attached hydrogens (tertiary/aromatic N) is 4. The molecule has 2 heterocycles. The van der Waals surface area contributed by atoms with Gasteiger partial charge in [0, 0.05) is 25.0 Å². The molecule has 3 aromatic rings. The fraction of sp³-hybridized carbons (Fsp3) is 0.0667. The van der Waals surface area contributed by atoms with Gasteiger partial charge in [0.05, 0.1) is 5.69 Å². The Balaban J connectivity index is 1.91. The molecule has 2 aromatic heterocycles. The molecule has 0 radical (unpaired) electrons. The van der Waals surface area contributed by atoms with Crippen molar-refractivity contribution < 1.29 is 13.6 Å². The van der Waals surface area contributed by atoms with Crippen LogP contribution in [0.2, 0.25) is 0 Å². The number of amides is 1. The first-order chi connectivity index (χ1) is 11.4. The van der Waals surface area contributed by atoms with E-state index in [-0.39, 0.29) is 17.3 Å². The fourth-order valence-electron chi connectivity index (χ4n) is 2.14. The van der Waals surface area contributed by atoms with E-state index in [0.29, 0.717) is 11.4 Å². The quantitative estimate of drug-likeness (QED) is 0.762. The molecular weight excluding hydrogens is 318 g/mol. The number of halogens is 2. The third kappa shape index (κ3) is 3.19. The zero-order valence-electron chi connectivity index (χ0n) is 12.5. The van der Waals surface area contributed by atoms with E-state index in [1.807, 2.05) is 0 Å². The van der Waals surface area contributed by atoms with Crippen molar-refractivity contribution in [2.45, 2.75) is 0 Å². The largest absolute Gasteiger partial charge is 0.364 e. The van der Waals surface area contributed by atoms with E-state index in [0.717, 1.165) is 18.2 Å². The molecule has 1 amide bonds. The molecule has 0 aliphatic rings. The lowest BCUT2D eigenvalue weighted by atomic mass is 10.2. The number of carbonyl (C=O) groups is 1. The summed E-state index contributed by atoms with van der Waals surface area (Å²) in [5, 5.41) is 6.87. The Labute approximate surface area is 135 Å². The molecule has 122 valence electrons. The van der Waals surface area contributed by atoms with Gasteiger partial charge in [-0.3, -0.25) is 9.48 Å². The number of aromatic nitrogens is 4. The summed E-state index contributed by atoms with van der Waals surface area (Å²) in [5.41, 5.74) is 6.49. The minimum Gasteiger partial charge on any atom is -0.364 e. The molecule has 7 nitrogen and oxygen atoms in total. The van der Waals surface area contributed by atoms with Crippen molar-refractivity contribution in [3.8, 4) is 11.4 Å². The van der Waals surface area contributed by atoms with Gasteiger partial charge in [0.25, 0.3) is 5.91 Å². The molecule has 9 heteroatoms. The standard InChI is InChI=1S/C15H12F2N6O/c1-23-13(14(18)24)7-12(22-23)11-2-3-19-15(21-11)20-10-5-8(16)4-9(17)6-10/h2-7H,1H3,(H2,18,24)(H,19,20,21). The van der Waals surface area contributed by atoms with Crippen LogP contribution >= 0.6 is 0 Å². The van der Waals surface area contributed by atoms with Crippen LogP contribution in [0.15, 0.2) is 36.5 Å². The first kappa shape index (κ1) is 15.5. The number of nitrogens with two attached hydrogens (primary N) is 1. The van der Waals surface area contributed by atoms with Crippen LogP contribution in [-0.4, -0.2) is 25.7 Å². The molecule has 0 unspecified atom stereocenters. The van der Waals surface area contributed by atoms with Crippen molar-refractivity contribution in [3.05, 3.63) is 53.9 Å². The lowest BCUT2D eigenvalue weighted by molar-refractivity contribution is 0.0991. The lowest BCUT2D eigenvalue weighted by Gasteiger charge is -2.06. The van der Waals surface area contributed by atoms with Crippen LogP contribution in [0, 0.1) is 11.6 Å². The van der Waals surface area contributed by atoms with Gasteiger partial charge in [0.15, 0.2) is 0 Å². The van der Waals surface area contributed by atoms with Crippen molar-refractivity contribution in [2.75, 3.05) is 5.32 Å². The molecule has 0 spiro atoms. The van der Waals surface area contributed by atoms with Crippen LogP contribution in [0.1, 0.15) is 10.5 Å². The highest BCUT2D eigenvalue weighted by molar-refractivity contribution is 5.92. The highest BCUT2D eigenvalue weighted by atomic mass is 19.1. The maximum Gasteiger partial charge on any atom is 0.266 e. The average Bonchev–Trinajstić information content (AvgIpc) is 2.89. The van der Waals surface area contributed by atoms with Gasteiger partial charge < -0.3 is 11.1 Å². The Morgan fingerprint density at radius 3 is 2.50 bits per heavy atom. The molecular formula is C15H12F2N6O. The van der Waals surface area contributed by atoms with Gasteiger partial charge in [-0.25, -0.2) is 18.7 Å². The first-order valence-electron chi connectivity index (χ1n) is 6.83. The summed E-state index contributed by atoms with van der Waals surface area (Å²) < 4.78 is 27.8. The van der Waals surface area contributed by atoms with Gasteiger partial charge in [0.2, 0.25) is 5.95 Å². The van der Waals surface area contributed by atoms with Gasteiger partial charge >= 0.3 is 0 Å². The molecule has 3 rings (SSSR count). The molecule has 0 saturated heterocycles. The summed E-state index contributed by atoms with van der Waals surface area (Å²) in [5.74, 6) is -1.92. The smallest absolute Gasteiger partial charge is 0.266 e. The van der Waals surface area contributed by atoms with Gasteiger partial charge in [-0.15, -0.1) is 0 Å². The lowest BCUT2D eigenvalue weighted by Crippen LogP contribution is -2.15. The Morgan fingerprint density at radius 1 is 1.17 bits per heavy atom. The summed E-state index contributed by atoms with van der Waals surface area (Å²) >= 11 is 0. The maximum atomic E-state index is 13.2. The number of nitrogens with one attached hydrogen (secondary N) is 1. The first-order valence-corrected chi connectivity index (χ1v) is 6.83. The summed E-state index contributed by atoms with van der Waals surface area (Å²) in [4.78, 5) is 19.5. The number of hydrogen-bond acceptors (Lipinski definition) is 5. The molecule has 0 bridgehead atoms. The van der Waals surface area contributed by atoms with E-state index in [1.165, 1.54) is 16.9 Å². The SMILES string of the molecule is Cn1nc(-c2ccnc(Nc3cc(F)cc(F)c3)n2)cc1C(N)=O. The molecule has 0 saturated carbocycles. The Kier molecular flexibility index (Phi) is 3.90. The summed E-state index contributed by atoms with van der Waals surface area (Å²) in [6.07, 6.45) is 1.46. The Hall–Kier alpha value is -3.36. The van der Waals surface area contributed by atoms with Crippen LogP contribution in [0.3, 0.4) is 0 Å². The number of anilines is 2. The van der Waals surface area contributed by atoms with E-state index in [1.54, 1.807) is 13.1 Å². The number of primary amides is 1. The minimum absolute atomic E-state index is 0.128. The van der Waals surface area contributed by atoms with Crippen molar-refractivity contribution in [3.63, 3.8) is 0 Å². The molecule has 1 aromatic carbocycles. The van der Waals surface area contributed by atoms with Gasteiger partial charge in [-0.05, 0) is 24.3 Å². The van der Waals surface area contributed by atoms with Crippen LogP contribution in [0.4, 0.5) is 20.4 Å². The predicted octanol–water partition coefficient (Wildman–Crippen LogP) is 2.00. The predicted molar refractivity (Wildman–Crippen MR) is 82.4 cm³/mol. The third-order valence-electron chi connectivity index (χ3n) is 3.17. The normalized spacial score (nSPS) is 10.6. The second-order valence-corrected chi connectivity index (χ2v) is 4.95. The number of aryl methyl sites for hydroxylation is 1. The molecule has 3 N–H and O–H groups in total. The maximum absolute atomic E-state index is 13.2. The van der Waals surface area contributed by atoms with Gasteiger partial charge in [0.1, 0.15) is 23.0 Å². The van der Waals surface area contributed by atoms with E-state index >= 15 is 0 Å². The zero-order valence-corrected chi connectivity index (χ0v) is 12.5. The summed E-state index contributed by atoms with van der Waals surface area (Å²) in [6.45, 7) is 0. The molecule has 0 atom stereocenters. The highest BCUT2D eigenvalue weighted by Gasteiger charge is 2.13. The van der Waals surface area contributed by atoms with E-state index in [9.17, 15) is 13.6 Å². The topological polar surface area (TPSA) is 98.7 Å². The number of hydrogen-bond donors (Lipinski definition) is 2. The number of benzene rings is 1. The van der Waals surface area contributed by atoms with Crippen LogP contribution in [0.5, 0.6) is 0 Å². The average molecular weight is 330 g/mol. The fourth-order valence-corrected chi connectivity index (χ4v) is 2.14. The second-order valence-electron chi connectivity index (χ2n) is 4.95. The van der Waals surface area contributed by atoms with Crippen molar-refractivity contribution in [1.82, 2.24) is 19.7 Å². The van der Waals surface area contributed by atoms with E-state index in [2.05, 4.69) is 20.4 Å². The summed E-state index contributed by atoms with van der Waals surface area (Å²) in [6, 6.07) is 6.08. The molecule has 24 heavy (non-hydrogen) atoms. The number of rotatable bonds is 4. The molecule has 0 aliphatic heterocycles. The second kappa shape index (κ2) is 6.03. The van der Waals surface area contributed by atoms with Crippen LogP contribution in [-0.2, 0) is 7.05 Å². The van der Waals surface area contributed by atoms with Crippen molar-refractivity contribution >= 4 is 17.5 Å². The zero-order chi connectivity index (χ0) is 17.3.